The second-order valence-corrected chi connectivity index (χ2v) is 19.6. The van der Waals surface area contributed by atoms with Crippen LogP contribution in [0.2, 0.25) is 32.5 Å². The van der Waals surface area contributed by atoms with Crippen molar-refractivity contribution in [1.29, 1.82) is 0 Å². The molecule has 3 atom stereocenters. The molecule has 31 heavy (non-hydrogen) atoms. The Balaban J connectivity index is 2.00. The first-order chi connectivity index (χ1) is 14.4. The number of pyridine rings is 1. The van der Waals surface area contributed by atoms with Crippen LogP contribution < -0.4 is 0 Å². The Kier molecular flexibility index (Phi) is 8.02. The molecule has 0 amide bonds. The Morgan fingerprint density at radius 3 is 1.97 bits per heavy atom. The molecule has 2 aliphatic heterocycles. The minimum absolute atomic E-state index is 0.0977. The fourth-order valence-electron chi connectivity index (χ4n) is 5.01. The van der Waals surface area contributed by atoms with E-state index in [-0.39, 0.29) is 18.3 Å². The van der Waals surface area contributed by atoms with Crippen molar-refractivity contribution in [3.8, 4) is 0 Å². The molecule has 0 radical (unpaired) electrons. The van der Waals surface area contributed by atoms with E-state index in [1.165, 1.54) is 0 Å². The van der Waals surface area contributed by atoms with Gasteiger partial charge in [-0.25, -0.2) is 4.98 Å². The number of ether oxygens (including phenoxy) is 1. The lowest BCUT2D eigenvalue weighted by molar-refractivity contribution is -0.0386. The van der Waals surface area contributed by atoms with E-state index in [0.29, 0.717) is 45.5 Å². The maximum Gasteiger partial charge on any atom is 0.335 e. The fourth-order valence-corrected chi connectivity index (χ4v) is 16.7. The van der Waals surface area contributed by atoms with Crippen LogP contribution in [0.1, 0.15) is 73.5 Å². The predicted molar refractivity (Wildman–Crippen MR) is 130 cm³/mol. The molecule has 0 aromatic carbocycles. The molecular formula is C22H37Cl2NO4Si2. The molecule has 3 heterocycles. The normalized spacial score (nSPS) is 28.3. The van der Waals surface area contributed by atoms with Crippen LogP contribution in [0.25, 0.3) is 0 Å². The van der Waals surface area contributed by atoms with Crippen molar-refractivity contribution in [2.75, 3.05) is 6.61 Å². The van der Waals surface area contributed by atoms with Gasteiger partial charge in [0.2, 0.25) is 0 Å². The first-order valence-corrected chi connectivity index (χ1v) is 16.1. The van der Waals surface area contributed by atoms with Crippen molar-refractivity contribution >= 4 is 40.3 Å². The Morgan fingerprint density at radius 2 is 1.45 bits per heavy atom. The van der Waals surface area contributed by atoms with E-state index in [1.807, 2.05) is 6.07 Å². The standard InChI is InChI=1S/C22H37Cl2NO4Si2/c1-13(2)30(14(3)4)26-12-20-19(28-31(29-30,15(5)6)16(7)8)11-18(27-20)17-9-10-21(23)25-22(17)24/h9-10,13-16,18-20H,11-12H2,1-8H3/t18-,19+,20-/m1/s1. The molecule has 0 N–H and O–H groups in total. The van der Waals surface area contributed by atoms with Crippen LogP contribution in [-0.4, -0.2) is 40.9 Å². The second kappa shape index (κ2) is 9.70. The maximum absolute atomic E-state index is 7.22. The van der Waals surface area contributed by atoms with E-state index in [9.17, 15) is 0 Å². The van der Waals surface area contributed by atoms with Crippen molar-refractivity contribution in [2.24, 2.45) is 0 Å². The van der Waals surface area contributed by atoms with Gasteiger partial charge >= 0.3 is 17.1 Å². The molecule has 0 spiro atoms. The topological polar surface area (TPSA) is 49.8 Å². The molecule has 2 saturated heterocycles. The average Bonchev–Trinajstić information content (AvgIpc) is 3.02. The summed E-state index contributed by atoms with van der Waals surface area (Å²) in [5.74, 6) is 0. The Morgan fingerprint density at radius 1 is 0.871 bits per heavy atom. The highest BCUT2D eigenvalue weighted by molar-refractivity contribution is 6.83. The fraction of sp³-hybridized carbons (Fsp3) is 0.773. The quantitative estimate of drug-likeness (QED) is 0.313. The highest BCUT2D eigenvalue weighted by Crippen LogP contribution is 2.49. The molecule has 176 valence electrons. The lowest BCUT2D eigenvalue weighted by atomic mass is 10.1. The first-order valence-electron chi connectivity index (χ1n) is 11.4. The number of nitrogens with zero attached hydrogens (tertiary/aromatic N) is 1. The predicted octanol–water partition coefficient (Wildman–Crippen LogP) is 7.17. The van der Waals surface area contributed by atoms with Crippen molar-refractivity contribution in [2.45, 2.75) is 102 Å². The number of hydrogen-bond acceptors (Lipinski definition) is 5. The summed E-state index contributed by atoms with van der Waals surface area (Å²) in [6.45, 7) is 18.3. The van der Waals surface area contributed by atoms with Gasteiger partial charge < -0.3 is 17.7 Å². The summed E-state index contributed by atoms with van der Waals surface area (Å²) in [6, 6.07) is 3.65. The Hall–Kier alpha value is 0.00377. The van der Waals surface area contributed by atoms with E-state index < -0.39 is 17.1 Å². The van der Waals surface area contributed by atoms with Gasteiger partial charge in [0.15, 0.2) is 0 Å². The van der Waals surface area contributed by atoms with Gasteiger partial charge in [0, 0.05) is 12.0 Å². The third-order valence-electron chi connectivity index (χ3n) is 6.74. The zero-order valence-electron chi connectivity index (χ0n) is 19.9. The molecule has 1 aromatic rings. The SMILES string of the molecule is CC(C)[Si]1(C(C)C)OC[C@H]2O[C@@H](c3ccc(Cl)nc3Cl)C[C@@H]2O[Si](C(C)C)(C(C)C)O1. The van der Waals surface area contributed by atoms with Crippen LogP contribution in [0.3, 0.4) is 0 Å². The van der Waals surface area contributed by atoms with Crippen molar-refractivity contribution in [1.82, 2.24) is 4.98 Å². The molecular weight excluding hydrogens is 469 g/mol. The number of hydrogen-bond donors (Lipinski definition) is 0. The molecule has 2 aliphatic rings. The van der Waals surface area contributed by atoms with Crippen molar-refractivity contribution in [3.05, 3.63) is 28.0 Å². The van der Waals surface area contributed by atoms with Crippen LogP contribution in [0.5, 0.6) is 0 Å². The van der Waals surface area contributed by atoms with E-state index in [0.717, 1.165) is 5.56 Å². The monoisotopic (exact) mass is 505 g/mol. The lowest BCUT2D eigenvalue weighted by Gasteiger charge is -2.51. The minimum atomic E-state index is -2.63. The third kappa shape index (κ3) is 4.80. The van der Waals surface area contributed by atoms with Gasteiger partial charge in [0.05, 0.1) is 18.8 Å². The highest BCUT2D eigenvalue weighted by Gasteiger charge is 2.60. The van der Waals surface area contributed by atoms with Crippen LogP contribution in [0.15, 0.2) is 12.1 Å². The molecule has 1 aromatic heterocycles. The summed E-state index contributed by atoms with van der Waals surface area (Å²) >= 11 is 12.4. The second-order valence-electron chi connectivity index (χ2n) is 10.0. The van der Waals surface area contributed by atoms with Gasteiger partial charge in [0.25, 0.3) is 0 Å². The van der Waals surface area contributed by atoms with Crippen LogP contribution >= 0.6 is 23.2 Å². The zero-order chi connectivity index (χ0) is 23.1. The van der Waals surface area contributed by atoms with Crippen LogP contribution in [0.4, 0.5) is 0 Å². The summed E-state index contributed by atoms with van der Waals surface area (Å²) in [4.78, 5) is 4.20. The number of halogens is 2. The largest absolute Gasteiger partial charge is 0.414 e. The molecule has 9 heteroatoms. The Bertz CT molecular complexity index is 762. The van der Waals surface area contributed by atoms with Gasteiger partial charge in [-0.2, -0.15) is 0 Å². The van der Waals surface area contributed by atoms with Gasteiger partial charge in [0.1, 0.15) is 16.4 Å². The summed E-state index contributed by atoms with van der Waals surface area (Å²) in [5, 5.41) is 0.759. The van der Waals surface area contributed by atoms with E-state index in [4.69, 9.17) is 40.9 Å². The first kappa shape index (κ1) is 25.6. The molecule has 2 fully saturated rings. The van der Waals surface area contributed by atoms with Gasteiger partial charge in [-0.3, -0.25) is 0 Å². The van der Waals surface area contributed by atoms with Crippen LogP contribution in [0, 0.1) is 0 Å². The minimum Gasteiger partial charge on any atom is -0.414 e. The third-order valence-corrected chi connectivity index (χ3v) is 17.5. The molecule has 0 bridgehead atoms. The van der Waals surface area contributed by atoms with Gasteiger partial charge in [-0.05, 0) is 28.2 Å². The maximum atomic E-state index is 7.22. The number of fused-ring (bicyclic) bond motifs is 1. The van der Waals surface area contributed by atoms with Gasteiger partial charge in [-0.15, -0.1) is 0 Å². The zero-order valence-corrected chi connectivity index (χ0v) is 23.5. The van der Waals surface area contributed by atoms with E-state index >= 15 is 0 Å². The van der Waals surface area contributed by atoms with Crippen molar-refractivity contribution in [3.63, 3.8) is 0 Å². The average molecular weight is 507 g/mol. The van der Waals surface area contributed by atoms with E-state index in [2.05, 4.69) is 60.4 Å². The number of aromatic nitrogens is 1. The van der Waals surface area contributed by atoms with Crippen LogP contribution in [-0.2, 0) is 17.7 Å². The highest BCUT2D eigenvalue weighted by atomic mass is 35.5. The molecule has 3 rings (SSSR count). The molecule has 0 saturated carbocycles. The summed E-state index contributed by atoms with van der Waals surface area (Å²) in [6.07, 6.45) is 0.245. The lowest BCUT2D eigenvalue weighted by Crippen LogP contribution is -2.65. The molecule has 0 aliphatic carbocycles. The van der Waals surface area contributed by atoms with Crippen molar-refractivity contribution < 1.29 is 17.7 Å². The van der Waals surface area contributed by atoms with Gasteiger partial charge in [-0.1, -0.05) is 84.7 Å². The summed E-state index contributed by atoms with van der Waals surface area (Å²) < 4.78 is 27.5. The van der Waals surface area contributed by atoms with E-state index in [1.54, 1.807) is 6.07 Å². The number of rotatable bonds is 5. The summed E-state index contributed by atoms with van der Waals surface area (Å²) in [7, 11) is -5.19. The molecule has 5 nitrogen and oxygen atoms in total. The molecule has 0 unspecified atom stereocenters. The summed E-state index contributed by atoms with van der Waals surface area (Å²) in [5.41, 5.74) is 2.05. The Labute approximate surface area is 199 Å². The smallest absolute Gasteiger partial charge is 0.335 e.